The molecule has 0 aliphatic heterocycles. The van der Waals surface area contributed by atoms with Crippen LogP contribution in [0.15, 0.2) is 47.4 Å². The van der Waals surface area contributed by atoms with Crippen molar-refractivity contribution in [3.05, 3.63) is 75.3 Å². The van der Waals surface area contributed by atoms with Crippen molar-refractivity contribution in [1.82, 2.24) is 9.38 Å². The SMILES string of the molecule is CCN(CC)c1ccc(/C=C/c2nc3ccc(C(=O)O)cn3c(=O)c2C)cc1. The number of benzene rings is 1. The summed E-state index contributed by atoms with van der Waals surface area (Å²) in [6, 6.07) is 11.2. The van der Waals surface area contributed by atoms with Gasteiger partial charge in [0.15, 0.2) is 0 Å². The standard InChI is InChI=1S/C22H23N3O3/c1-4-24(5-2)18-10-6-16(7-11-18)8-12-19-15(3)21(26)25-14-17(22(27)28)9-13-20(25)23-19/h6-14H,4-5H2,1-3H3,(H,27,28)/b12-8+. The Morgan fingerprint density at radius 2 is 1.79 bits per heavy atom. The van der Waals surface area contributed by atoms with Crippen LogP contribution in [0.4, 0.5) is 5.69 Å². The third-order valence-corrected chi connectivity index (χ3v) is 4.79. The van der Waals surface area contributed by atoms with Gasteiger partial charge in [0.1, 0.15) is 5.65 Å². The monoisotopic (exact) mass is 377 g/mol. The summed E-state index contributed by atoms with van der Waals surface area (Å²) in [5.74, 6) is -1.08. The van der Waals surface area contributed by atoms with E-state index >= 15 is 0 Å². The molecule has 2 aromatic heterocycles. The molecule has 0 aliphatic carbocycles. The van der Waals surface area contributed by atoms with Crippen LogP contribution in [-0.2, 0) is 0 Å². The number of pyridine rings is 1. The lowest BCUT2D eigenvalue weighted by atomic mass is 10.1. The Balaban J connectivity index is 1.94. The molecule has 0 saturated carbocycles. The van der Waals surface area contributed by atoms with Crippen LogP contribution < -0.4 is 10.5 Å². The van der Waals surface area contributed by atoms with Crippen LogP contribution in [0.1, 0.15) is 41.0 Å². The molecule has 1 aromatic carbocycles. The van der Waals surface area contributed by atoms with E-state index in [4.69, 9.17) is 5.11 Å². The van der Waals surface area contributed by atoms with Gasteiger partial charge in [-0.1, -0.05) is 18.2 Å². The Morgan fingerprint density at radius 1 is 1.11 bits per heavy atom. The number of rotatable bonds is 6. The smallest absolute Gasteiger partial charge is 0.337 e. The van der Waals surface area contributed by atoms with E-state index in [2.05, 4.69) is 35.9 Å². The number of carbonyl (C=O) groups is 1. The minimum atomic E-state index is -1.08. The highest BCUT2D eigenvalue weighted by molar-refractivity contribution is 5.87. The lowest BCUT2D eigenvalue weighted by molar-refractivity contribution is 0.0696. The van der Waals surface area contributed by atoms with Crippen LogP contribution >= 0.6 is 0 Å². The molecule has 6 nitrogen and oxygen atoms in total. The van der Waals surface area contributed by atoms with Crippen molar-refractivity contribution in [3.8, 4) is 0 Å². The third-order valence-electron chi connectivity index (χ3n) is 4.79. The minimum Gasteiger partial charge on any atom is -0.478 e. The highest BCUT2D eigenvalue weighted by atomic mass is 16.4. The first-order chi connectivity index (χ1) is 13.4. The summed E-state index contributed by atoms with van der Waals surface area (Å²) in [5.41, 5.74) is 3.42. The van der Waals surface area contributed by atoms with Gasteiger partial charge in [-0.05, 0) is 56.7 Å². The second-order valence-electron chi connectivity index (χ2n) is 6.48. The lowest BCUT2D eigenvalue weighted by Crippen LogP contribution is -2.21. The van der Waals surface area contributed by atoms with Crippen molar-refractivity contribution in [1.29, 1.82) is 0 Å². The van der Waals surface area contributed by atoms with Gasteiger partial charge in [0.05, 0.1) is 11.3 Å². The van der Waals surface area contributed by atoms with Gasteiger partial charge in [0.2, 0.25) is 0 Å². The zero-order valence-electron chi connectivity index (χ0n) is 16.2. The number of aromatic nitrogens is 2. The van der Waals surface area contributed by atoms with Crippen LogP contribution in [0, 0.1) is 6.92 Å². The number of hydrogen-bond donors (Lipinski definition) is 1. The summed E-state index contributed by atoms with van der Waals surface area (Å²) >= 11 is 0. The molecule has 3 rings (SSSR count). The summed E-state index contributed by atoms with van der Waals surface area (Å²) in [4.78, 5) is 30.5. The zero-order chi connectivity index (χ0) is 20.3. The van der Waals surface area contributed by atoms with Crippen LogP contribution in [-0.4, -0.2) is 33.6 Å². The molecule has 1 N–H and O–H groups in total. The maximum absolute atomic E-state index is 12.6. The van der Waals surface area contributed by atoms with Gasteiger partial charge in [-0.3, -0.25) is 9.20 Å². The van der Waals surface area contributed by atoms with Gasteiger partial charge in [-0.25, -0.2) is 9.78 Å². The fourth-order valence-electron chi connectivity index (χ4n) is 3.09. The first-order valence-electron chi connectivity index (χ1n) is 9.24. The largest absolute Gasteiger partial charge is 0.478 e. The highest BCUT2D eigenvalue weighted by Gasteiger charge is 2.10. The number of carboxylic acid groups (broad SMARTS) is 1. The number of fused-ring (bicyclic) bond motifs is 1. The number of nitrogens with zero attached hydrogens (tertiary/aromatic N) is 3. The molecular formula is C22H23N3O3. The lowest BCUT2D eigenvalue weighted by Gasteiger charge is -2.20. The van der Waals surface area contributed by atoms with E-state index in [-0.39, 0.29) is 11.1 Å². The van der Waals surface area contributed by atoms with Gasteiger partial charge in [0, 0.05) is 30.5 Å². The van der Waals surface area contributed by atoms with Crippen LogP contribution in [0.5, 0.6) is 0 Å². The van der Waals surface area contributed by atoms with E-state index in [1.165, 1.54) is 22.4 Å². The molecule has 0 amide bonds. The number of aromatic carboxylic acids is 1. The first-order valence-corrected chi connectivity index (χ1v) is 9.24. The summed E-state index contributed by atoms with van der Waals surface area (Å²) in [6.45, 7) is 7.87. The fraction of sp³-hybridized carbons (Fsp3) is 0.227. The van der Waals surface area contributed by atoms with Crippen molar-refractivity contribution >= 4 is 29.5 Å². The van der Waals surface area contributed by atoms with Gasteiger partial charge >= 0.3 is 5.97 Å². The molecule has 0 unspecified atom stereocenters. The first kappa shape index (κ1) is 19.4. The topological polar surface area (TPSA) is 74.9 Å². The Morgan fingerprint density at radius 3 is 2.39 bits per heavy atom. The molecule has 0 fully saturated rings. The summed E-state index contributed by atoms with van der Waals surface area (Å²) < 4.78 is 1.27. The van der Waals surface area contributed by atoms with Gasteiger partial charge in [-0.2, -0.15) is 0 Å². The molecule has 144 valence electrons. The molecule has 2 heterocycles. The Kier molecular flexibility index (Phi) is 5.59. The second-order valence-corrected chi connectivity index (χ2v) is 6.48. The molecule has 3 aromatic rings. The predicted octanol–water partition coefficient (Wildman–Crippen LogP) is 3.72. The van der Waals surface area contributed by atoms with Crippen molar-refractivity contribution in [2.75, 3.05) is 18.0 Å². The van der Waals surface area contributed by atoms with Crippen molar-refractivity contribution in [2.24, 2.45) is 0 Å². The third kappa shape index (κ3) is 3.81. The minimum absolute atomic E-state index is 0.0485. The van der Waals surface area contributed by atoms with E-state index in [0.29, 0.717) is 16.9 Å². The molecule has 0 spiro atoms. The van der Waals surface area contributed by atoms with Gasteiger partial charge < -0.3 is 10.0 Å². The van der Waals surface area contributed by atoms with Gasteiger partial charge in [-0.15, -0.1) is 0 Å². The van der Waals surface area contributed by atoms with E-state index in [9.17, 15) is 9.59 Å². The predicted molar refractivity (Wildman–Crippen MR) is 112 cm³/mol. The molecule has 0 radical (unpaired) electrons. The van der Waals surface area contributed by atoms with E-state index < -0.39 is 5.97 Å². The highest BCUT2D eigenvalue weighted by Crippen LogP contribution is 2.17. The Labute approximate surface area is 163 Å². The van der Waals surface area contributed by atoms with Crippen molar-refractivity contribution in [3.63, 3.8) is 0 Å². The maximum Gasteiger partial charge on any atom is 0.337 e. The Hall–Kier alpha value is -3.41. The molecule has 0 saturated heterocycles. The van der Waals surface area contributed by atoms with Crippen LogP contribution in [0.3, 0.4) is 0 Å². The average Bonchev–Trinajstić information content (AvgIpc) is 2.71. The fourth-order valence-corrected chi connectivity index (χ4v) is 3.09. The average molecular weight is 377 g/mol. The zero-order valence-corrected chi connectivity index (χ0v) is 16.2. The van der Waals surface area contributed by atoms with Crippen LogP contribution in [0.25, 0.3) is 17.8 Å². The molecule has 0 aliphatic rings. The molecule has 0 bridgehead atoms. The summed E-state index contributed by atoms with van der Waals surface area (Å²) in [6.07, 6.45) is 5.04. The van der Waals surface area contributed by atoms with Gasteiger partial charge in [0.25, 0.3) is 5.56 Å². The van der Waals surface area contributed by atoms with E-state index in [0.717, 1.165) is 18.7 Å². The number of anilines is 1. The number of carboxylic acids is 1. The molecule has 0 atom stereocenters. The van der Waals surface area contributed by atoms with Crippen molar-refractivity contribution < 1.29 is 9.90 Å². The quantitative estimate of drug-likeness (QED) is 0.709. The molecule has 6 heteroatoms. The normalized spacial score (nSPS) is 11.2. The molecular weight excluding hydrogens is 354 g/mol. The van der Waals surface area contributed by atoms with Crippen LogP contribution in [0.2, 0.25) is 0 Å². The van der Waals surface area contributed by atoms with E-state index in [1.807, 2.05) is 24.3 Å². The second kappa shape index (κ2) is 8.08. The number of hydrogen-bond acceptors (Lipinski definition) is 4. The maximum atomic E-state index is 12.6. The summed E-state index contributed by atoms with van der Waals surface area (Å²) in [5, 5.41) is 9.10. The Bertz CT molecular complexity index is 1090. The van der Waals surface area contributed by atoms with E-state index in [1.54, 1.807) is 13.0 Å². The molecule has 28 heavy (non-hydrogen) atoms. The van der Waals surface area contributed by atoms with Crippen molar-refractivity contribution in [2.45, 2.75) is 20.8 Å². The summed E-state index contributed by atoms with van der Waals surface area (Å²) in [7, 11) is 0.